The van der Waals surface area contributed by atoms with Crippen LogP contribution in [0.3, 0.4) is 0 Å². The number of hydrogen-bond donors (Lipinski definition) is 1. The van der Waals surface area contributed by atoms with Crippen LogP contribution in [-0.4, -0.2) is 68.1 Å². The van der Waals surface area contributed by atoms with Gasteiger partial charge in [-0.05, 0) is 36.2 Å². The molecule has 1 aliphatic heterocycles. The van der Waals surface area contributed by atoms with Crippen LogP contribution >= 0.6 is 0 Å². The van der Waals surface area contributed by atoms with Gasteiger partial charge < -0.3 is 19.7 Å². The van der Waals surface area contributed by atoms with Crippen LogP contribution in [-0.2, 0) is 16.1 Å². The second kappa shape index (κ2) is 12.0. The van der Waals surface area contributed by atoms with Gasteiger partial charge in [-0.1, -0.05) is 30.3 Å². The summed E-state index contributed by atoms with van der Waals surface area (Å²) in [6.45, 7) is 4.15. The van der Waals surface area contributed by atoms with Gasteiger partial charge in [-0.25, -0.2) is 0 Å². The minimum Gasteiger partial charge on any atom is -0.497 e. The Morgan fingerprint density at radius 3 is 2.29 bits per heavy atom. The van der Waals surface area contributed by atoms with Gasteiger partial charge in [0, 0.05) is 39.1 Å². The number of rotatable bonds is 10. The van der Waals surface area contributed by atoms with Crippen LogP contribution in [0.2, 0.25) is 0 Å². The molecular weight excluding hydrogens is 394 g/mol. The van der Waals surface area contributed by atoms with Crippen LogP contribution in [0.15, 0.2) is 54.6 Å². The molecule has 7 nitrogen and oxygen atoms in total. The van der Waals surface area contributed by atoms with Crippen molar-refractivity contribution in [1.29, 1.82) is 0 Å². The first-order valence-electron chi connectivity index (χ1n) is 10.7. The van der Waals surface area contributed by atoms with E-state index in [0.29, 0.717) is 58.7 Å². The summed E-state index contributed by atoms with van der Waals surface area (Å²) in [6.07, 6.45) is 1.14. The van der Waals surface area contributed by atoms with Crippen LogP contribution in [0.25, 0.3) is 0 Å². The van der Waals surface area contributed by atoms with E-state index in [1.807, 2.05) is 59.5 Å². The molecule has 0 spiro atoms. The summed E-state index contributed by atoms with van der Waals surface area (Å²) >= 11 is 0. The Bertz CT molecular complexity index is 818. The maximum atomic E-state index is 12.4. The standard InChI is InChI=1S/C24H31N3O4/c1-30-21-9-11-22(12-10-21)31-17-5-8-24(29)27-15-13-26(14-16-27)19-23(28)25-18-20-6-3-2-4-7-20/h2-4,6-7,9-12H,5,8,13-19H2,1H3,(H,25,28). The fraction of sp³-hybridized carbons (Fsp3) is 0.417. The van der Waals surface area contributed by atoms with Gasteiger partial charge in [-0.15, -0.1) is 0 Å². The smallest absolute Gasteiger partial charge is 0.234 e. The third-order valence-corrected chi connectivity index (χ3v) is 5.29. The number of ether oxygens (including phenoxy) is 2. The average Bonchev–Trinajstić information content (AvgIpc) is 2.82. The zero-order valence-corrected chi connectivity index (χ0v) is 18.1. The van der Waals surface area contributed by atoms with Crippen molar-refractivity contribution >= 4 is 11.8 Å². The molecule has 166 valence electrons. The van der Waals surface area contributed by atoms with Crippen molar-refractivity contribution in [1.82, 2.24) is 15.1 Å². The number of benzene rings is 2. The summed E-state index contributed by atoms with van der Waals surface area (Å²) in [5.74, 6) is 1.72. The molecule has 1 heterocycles. The number of nitrogens with zero attached hydrogens (tertiary/aromatic N) is 2. The summed E-state index contributed by atoms with van der Waals surface area (Å²) in [5, 5.41) is 2.95. The van der Waals surface area contributed by atoms with Crippen LogP contribution in [0.4, 0.5) is 0 Å². The highest BCUT2D eigenvalue weighted by atomic mass is 16.5. The molecule has 31 heavy (non-hydrogen) atoms. The highest BCUT2D eigenvalue weighted by Gasteiger charge is 2.22. The van der Waals surface area contributed by atoms with E-state index in [1.54, 1.807) is 7.11 Å². The highest BCUT2D eigenvalue weighted by Crippen LogP contribution is 2.17. The fourth-order valence-electron chi connectivity index (χ4n) is 3.45. The zero-order chi connectivity index (χ0) is 21.9. The lowest BCUT2D eigenvalue weighted by Crippen LogP contribution is -2.51. The average molecular weight is 426 g/mol. The third kappa shape index (κ3) is 7.61. The minimum absolute atomic E-state index is 0.0133. The van der Waals surface area contributed by atoms with Crippen molar-refractivity contribution in [2.75, 3.05) is 46.4 Å². The van der Waals surface area contributed by atoms with Crippen molar-refractivity contribution in [3.63, 3.8) is 0 Å². The predicted octanol–water partition coefficient (Wildman–Crippen LogP) is 2.31. The molecule has 1 saturated heterocycles. The van der Waals surface area contributed by atoms with E-state index >= 15 is 0 Å². The summed E-state index contributed by atoms with van der Waals surface area (Å²) < 4.78 is 10.8. The topological polar surface area (TPSA) is 71.1 Å². The molecule has 7 heteroatoms. The number of amides is 2. The van der Waals surface area contributed by atoms with Crippen molar-refractivity contribution in [2.24, 2.45) is 0 Å². The van der Waals surface area contributed by atoms with Gasteiger partial charge in [0.25, 0.3) is 0 Å². The first-order valence-corrected chi connectivity index (χ1v) is 10.7. The summed E-state index contributed by atoms with van der Waals surface area (Å²) in [6, 6.07) is 17.3. The van der Waals surface area contributed by atoms with Gasteiger partial charge in [0.05, 0.1) is 20.3 Å². The number of nitrogens with one attached hydrogen (secondary N) is 1. The number of piperazine rings is 1. The van der Waals surface area contributed by atoms with Crippen LogP contribution in [0.5, 0.6) is 11.5 Å². The SMILES string of the molecule is COc1ccc(OCCCC(=O)N2CCN(CC(=O)NCc3ccccc3)CC2)cc1. The van der Waals surface area contributed by atoms with E-state index in [1.165, 1.54) is 0 Å². The van der Waals surface area contributed by atoms with Crippen LogP contribution < -0.4 is 14.8 Å². The lowest BCUT2D eigenvalue weighted by atomic mass is 10.2. The Kier molecular flexibility index (Phi) is 8.72. The lowest BCUT2D eigenvalue weighted by molar-refractivity contribution is -0.133. The van der Waals surface area contributed by atoms with E-state index in [2.05, 4.69) is 10.2 Å². The largest absolute Gasteiger partial charge is 0.497 e. The minimum atomic E-state index is 0.0133. The molecule has 2 amide bonds. The second-order valence-corrected chi connectivity index (χ2v) is 7.55. The lowest BCUT2D eigenvalue weighted by Gasteiger charge is -2.34. The number of carbonyl (C=O) groups is 2. The maximum absolute atomic E-state index is 12.4. The fourth-order valence-corrected chi connectivity index (χ4v) is 3.45. The summed E-state index contributed by atoms with van der Waals surface area (Å²) in [7, 11) is 1.63. The van der Waals surface area contributed by atoms with E-state index < -0.39 is 0 Å². The van der Waals surface area contributed by atoms with Gasteiger partial charge in [0.1, 0.15) is 11.5 Å². The first kappa shape index (κ1) is 22.6. The molecule has 1 fully saturated rings. The second-order valence-electron chi connectivity index (χ2n) is 7.55. The Hall–Kier alpha value is -3.06. The molecule has 2 aromatic rings. The summed E-state index contributed by atoms with van der Waals surface area (Å²) in [4.78, 5) is 28.6. The molecule has 0 bridgehead atoms. The quantitative estimate of drug-likeness (QED) is 0.592. The van der Waals surface area contributed by atoms with Gasteiger partial charge in [-0.2, -0.15) is 0 Å². The van der Waals surface area contributed by atoms with Crippen LogP contribution in [0, 0.1) is 0 Å². The zero-order valence-electron chi connectivity index (χ0n) is 18.1. The molecule has 0 aromatic heterocycles. The molecule has 0 atom stereocenters. The van der Waals surface area contributed by atoms with E-state index in [0.717, 1.165) is 17.1 Å². The maximum Gasteiger partial charge on any atom is 0.234 e. The van der Waals surface area contributed by atoms with Crippen molar-refractivity contribution in [3.8, 4) is 11.5 Å². The van der Waals surface area contributed by atoms with E-state index in [9.17, 15) is 9.59 Å². The number of methoxy groups -OCH3 is 1. The molecule has 2 aromatic carbocycles. The third-order valence-electron chi connectivity index (χ3n) is 5.29. The molecule has 1 aliphatic rings. The van der Waals surface area contributed by atoms with Gasteiger partial charge in [0.2, 0.25) is 11.8 Å². The van der Waals surface area contributed by atoms with Crippen molar-refractivity contribution in [3.05, 3.63) is 60.2 Å². The Balaban J connectivity index is 1.28. The molecule has 0 radical (unpaired) electrons. The Morgan fingerprint density at radius 2 is 1.61 bits per heavy atom. The molecule has 0 saturated carbocycles. The van der Waals surface area contributed by atoms with Crippen molar-refractivity contribution < 1.29 is 19.1 Å². The van der Waals surface area contributed by atoms with Gasteiger partial charge >= 0.3 is 0 Å². The predicted molar refractivity (Wildman–Crippen MR) is 119 cm³/mol. The Morgan fingerprint density at radius 1 is 0.935 bits per heavy atom. The summed E-state index contributed by atoms with van der Waals surface area (Å²) in [5.41, 5.74) is 1.09. The first-order chi connectivity index (χ1) is 15.1. The molecule has 0 unspecified atom stereocenters. The molecule has 1 N–H and O–H groups in total. The van der Waals surface area contributed by atoms with Gasteiger partial charge in [-0.3, -0.25) is 14.5 Å². The molecule has 0 aliphatic carbocycles. The van der Waals surface area contributed by atoms with Crippen LogP contribution in [0.1, 0.15) is 18.4 Å². The number of carbonyl (C=O) groups excluding carboxylic acids is 2. The van der Waals surface area contributed by atoms with E-state index in [4.69, 9.17) is 9.47 Å². The normalized spacial score (nSPS) is 14.2. The van der Waals surface area contributed by atoms with Gasteiger partial charge in [0.15, 0.2) is 0 Å². The molecule has 3 rings (SSSR count). The monoisotopic (exact) mass is 425 g/mol. The number of hydrogen-bond acceptors (Lipinski definition) is 5. The van der Waals surface area contributed by atoms with E-state index in [-0.39, 0.29) is 11.8 Å². The molecular formula is C24H31N3O4. The highest BCUT2D eigenvalue weighted by molar-refractivity contribution is 5.78. The Labute approximate surface area is 183 Å². The van der Waals surface area contributed by atoms with Crippen molar-refractivity contribution in [2.45, 2.75) is 19.4 Å².